The van der Waals surface area contributed by atoms with E-state index in [1.54, 1.807) is 10.9 Å². The lowest BCUT2D eigenvalue weighted by Gasteiger charge is -2.04. The minimum absolute atomic E-state index is 0.0116. The van der Waals surface area contributed by atoms with Gasteiger partial charge in [0.05, 0.1) is 28.5 Å². The molecule has 0 saturated heterocycles. The molecule has 0 aliphatic rings. The summed E-state index contributed by atoms with van der Waals surface area (Å²) in [6, 6.07) is 9.67. The zero-order chi connectivity index (χ0) is 18.7. The number of amides is 1. The van der Waals surface area contributed by atoms with E-state index in [1.807, 2.05) is 24.3 Å². The van der Waals surface area contributed by atoms with Crippen LogP contribution in [0.15, 0.2) is 47.8 Å². The van der Waals surface area contributed by atoms with Crippen LogP contribution in [0.1, 0.15) is 5.56 Å². The Bertz CT molecular complexity index is 1030. The van der Waals surface area contributed by atoms with Crippen molar-refractivity contribution < 1.29 is 14.8 Å². The largest absolute Gasteiger partial charge is 0.502 e. The molecule has 1 amide bonds. The van der Waals surface area contributed by atoms with Gasteiger partial charge < -0.3 is 9.67 Å². The van der Waals surface area contributed by atoms with E-state index in [-0.39, 0.29) is 17.1 Å². The molecule has 0 unspecified atom stereocenters. The van der Waals surface area contributed by atoms with Crippen molar-refractivity contribution >= 4 is 40.4 Å². The summed E-state index contributed by atoms with van der Waals surface area (Å²) in [7, 11) is 0. The molecule has 132 valence electrons. The predicted molar refractivity (Wildman–Crippen MR) is 95.2 cm³/mol. The number of benzene rings is 2. The highest BCUT2D eigenvalue weighted by Crippen LogP contribution is 2.32. The smallest absolute Gasteiger partial charge is 0.312 e. The summed E-state index contributed by atoms with van der Waals surface area (Å²) in [5.74, 6) is -1.02. The molecule has 0 aliphatic heterocycles. The molecule has 2 aromatic carbocycles. The first-order chi connectivity index (χ1) is 12.5. The molecular formula is C16H12ClN5O4. The van der Waals surface area contributed by atoms with Gasteiger partial charge in [-0.2, -0.15) is 5.10 Å². The summed E-state index contributed by atoms with van der Waals surface area (Å²) in [5.41, 5.74) is 3.32. The second-order valence-electron chi connectivity index (χ2n) is 5.27. The summed E-state index contributed by atoms with van der Waals surface area (Å²) in [4.78, 5) is 26.3. The predicted octanol–water partition coefficient (Wildman–Crippen LogP) is 2.45. The normalized spacial score (nSPS) is 11.1. The number of carbonyl (C=O) groups excluding carboxylic acids is 1. The number of rotatable bonds is 5. The molecule has 26 heavy (non-hydrogen) atoms. The van der Waals surface area contributed by atoms with Crippen molar-refractivity contribution in [1.29, 1.82) is 0 Å². The minimum Gasteiger partial charge on any atom is -0.502 e. The van der Waals surface area contributed by atoms with Crippen LogP contribution in [0, 0.1) is 10.1 Å². The van der Waals surface area contributed by atoms with Gasteiger partial charge in [0.25, 0.3) is 5.91 Å². The van der Waals surface area contributed by atoms with Crippen molar-refractivity contribution in [2.45, 2.75) is 6.54 Å². The number of carbonyl (C=O) groups is 1. The van der Waals surface area contributed by atoms with E-state index in [0.717, 1.165) is 23.3 Å². The highest BCUT2D eigenvalue weighted by molar-refractivity contribution is 6.31. The third-order valence-corrected chi connectivity index (χ3v) is 3.73. The van der Waals surface area contributed by atoms with Crippen molar-refractivity contribution in [2.24, 2.45) is 5.10 Å². The highest BCUT2D eigenvalue weighted by Gasteiger charge is 2.17. The quantitative estimate of drug-likeness (QED) is 0.404. The molecular weight excluding hydrogens is 362 g/mol. The fourth-order valence-electron chi connectivity index (χ4n) is 2.34. The SMILES string of the molecule is O=C(Cn1cnc2ccccc21)N/N=C\c1cc(Cl)cc([N+](=O)[O-])c1O. The number of para-hydroxylation sites is 2. The van der Waals surface area contributed by atoms with E-state index in [1.165, 1.54) is 6.07 Å². The first-order valence-electron chi connectivity index (χ1n) is 7.34. The van der Waals surface area contributed by atoms with Crippen LogP contribution in [0.25, 0.3) is 11.0 Å². The highest BCUT2D eigenvalue weighted by atomic mass is 35.5. The van der Waals surface area contributed by atoms with Crippen LogP contribution in [-0.2, 0) is 11.3 Å². The third-order valence-electron chi connectivity index (χ3n) is 3.51. The number of nitro groups is 1. The summed E-state index contributed by atoms with van der Waals surface area (Å²) in [5, 5.41) is 24.5. The lowest BCUT2D eigenvalue weighted by atomic mass is 10.2. The zero-order valence-corrected chi connectivity index (χ0v) is 13.9. The lowest BCUT2D eigenvalue weighted by molar-refractivity contribution is -0.385. The lowest BCUT2D eigenvalue weighted by Crippen LogP contribution is -2.22. The van der Waals surface area contributed by atoms with Gasteiger partial charge in [-0.15, -0.1) is 0 Å². The molecule has 10 heteroatoms. The van der Waals surface area contributed by atoms with Gasteiger partial charge in [-0.25, -0.2) is 10.4 Å². The molecule has 0 spiro atoms. The van der Waals surface area contributed by atoms with Gasteiger partial charge >= 0.3 is 5.69 Å². The number of hydrogen-bond acceptors (Lipinski definition) is 6. The zero-order valence-electron chi connectivity index (χ0n) is 13.2. The number of hydrazone groups is 1. The fraction of sp³-hybridized carbons (Fsp3) is 0.0625. The van der Waals surface area contributed by atoms with Crippen LogP contribution in [0.3, 0.4) is 0 Å². The fourth-order valence-corrected chi connectivity index (χ4v) is 2.56. The molecule has 9 nitrogen and oxygen atoms in total. The van der Waals surface area contributed by atoms with Crippen molar-refractivity contribution in [2.75, 3.05) is 0 Å². The molecule has 0 bridgehead atoms. The van der Waals surface area contributed by atoms with Crippen LogP contribution < -0.4 is 5.43 Å². The Balaban J connectivity index is 1.71. The summed E-state index contributed by atoms with van der Waals surface area (Å²) < 4.78 is 1.65. The average molecular weight is 374 g/mol. The van der Waals surface area contributed by atoms with Crippen molar-refractivity contribution in [3.05, 3.63) is 63.4 Å². The van der Waals surface area contributed by atoms with Gasteiger partial charge in [0.1, 0.15) is 6.54 Å². The molecule has 2 N–H and O–H groups in total. The topological polar surface area (TPSA) is 123 Å². The van der Waals surface area contributed by atoms with Gasteiger partial charge in [-0.3, -0.25) is 14.9 Å². The number of nitro benzene ring substituents is 1. The monoisotopic (exact) mass is 373 g/mol. The van der Waals surface area contributed by atoms with Gasteiger partial charge in [0.2, 0.25) is 5.75 Å². The first kappa shape index (κ1) is 17.4. The van der Waals surface area contributed by atoms with E-state index in [9.17, 15) is 20.0 Å². The maximum absolute atomic E-state index is 12.0. The maximum atomic E-state index is 12.0. The van der Waals surface area contributed by atoms with Crippen molar-refractivity contribution in [3.8, 4) is 5.75 Å². The Kier molecular flexibility index (Phi) is 4.81. The number of aromatic nitrogens is 2. The Morgan fingerprint density at radius 1 is 1.42 bits per heavy atom. The molecule has 0 saturated carbocycles. The van der Waals surface area contributed by atoms with Gasteiger partial charge in [0, 0.05) is 16.7 Å². The number of aromatic hydroxyl groups is 1. The van der Waals surface area contributed by atoms with Crippen LogP contribution in [0.4, 0.5) is 5.69 Å². The second kappa shape index (κ2) is 7.19. The van der Waals surface area contributed by atoms with Crippen LogP contribution in [0.2, 0.25) is 5.02 Å². The minimum atomic E-state index is -0.763. The molecule has 0 aliphatic carbocycles. The number of phenols is 1. The standard InChI is InChI=1S/C16H12ClN5O4/c17-11-5-10(16(24)14(6-11)22(25)26)7-19-20-15(23)8-21-9-18-12-3-1-2-4-13(12)21/h1-7,9,24H,8H2,(H,20,23)/b19-7-. The Labute approximate surface area is 151 Å². The Morgan fingerprint density at radius 3 is 2.96 bits per heavy atom. The Morgan fingerprint density at radius 2 is 2.19 bits per heavy atom. The summed E-state index contributed by atoms with van der Waals surface area (Å²) in [6.07, 6.45) is 2.62. The number of imidazole rings is 1. The third kappa shape index (κ3) is 3.62. The second-order valence-corrected chi connectivity index (χ2v) is 5.71. The molecule has 3 aromatic rings. The summed E-state index contributed by atoms with van der Waals surface area (Å²) >= 11 is 5.78. The number of phenolic OH excluding ortho intramolecular Hbond substituents is 1. The number of halogens is 1. The Hall–Kier alpha value is -3.46. The van der Waals surface area contributed by atoms with E-state index in [4.69, 9.17) is 11.6 Å². The van der Waals surface area contributed by atoms with Crippen LogP contribution >= 0.6 is 11.6 Å². The van der Waals surface area contributed by atoms with E-state index >= 15 is 0 Å². The van der Waals surface area contributed by atoms with Crippen LogP contribution in [-0.4, -0.2) is 31.7 Å². The van der Waals surface area contributed by atoms with E-state index in [0.29, 0.717) is 0 Å². The summed E-state index contributed by atoms with van der Waals surface area (Å²) in [6.45, 7) is -0.0144. The number of nitrogens with one attached hydrogen (secondary N) is 1. The molecule has 1 aromatic heterocycles. The number of nitrogens with zero attached hydrogens (tertiary/aromatic N) is 4. The van der Waals surface area contributed by atoms with Gasteiger partial charge in [0.15, 0.2) is 0 Å². The number of hydrogen-bond donors (Lipinski definition) is 2. The van der Waals surface area contributed by atoms with Crippen molar-refractivity contribution in [3.63, 3.8) is 0 Å². The molecule has 3 rings (SSSR count). The maximum Gasteiger partial charge on any atom is 0.312 e. The van der Waals surface area contributed by atoms with Gasteiger partial charge in [-0.05, 0) is 18.2 Å². The molecule has 1 heterocycles. The number of fused-ring (bicyclic) bond motifs is 1. The average Bonchev–Trinajstić information content (AvgIpc) is 3.00. The van der Waals surface area contributed by atoms with Crippen molar-refractivity contribution in [1.82, 2.24) is 15.0 Å². The molecule has 0 radical (unpaired) electrons. The van der Waals surface area contributed by atoms with Gasteiger partial charge in [-0.1, -0.05) is 23.7 Å². The van der Waals surface area contributed by atoms with E-state index < -0.39 is 22.3 Å². The van der Waals surface area contributed by atoms with E-state index in [2.05, 4.69) is 15.5 Å². The molecule has 0 atom stereocenters. The molecule has 0 fully saturated rings. The first-order valence-corrected chi connectivity index (χ1v) is 7.72. The van der Waals surface area contributed by atoms with Crippen LogP contribution in [0.5, 0.6) is 5.75 Å².